The van der Waals surface area contributed by atoms with Gasteiger partial charge < -0.3 is 29.2 Å². The SMILES string of the molecule is CCO[Si](CC[N+]1(CC)CCCCC1)(OCC)OCC.N#CN.N#CN. The largest absolute Gasteiger partial charge is 0.506 e. The molecule has 0 unspecified atom stereocenters. The van der Waals surface area contributed by atoms with Crippen LogP contribution in [0.25, 0.3) is 0 Å². The minimum absolute atomic E-state index is 0.679. The summed E-state index contributed by atoms with van der Waals surface area (Å²) in [4.78, 5) is 0. The van der Waals surface area contributed by atoms with E-state index >= 15 is 0 Å². The standard InChI is InChI=1S/C15H34NO3Si.2CH2N2/c1-5-16(12-10-9-11-13-16)14-15-20(17-6-2,18-7-3)19-8-4;2*2-1-3/h5-15H2,1-4H3;2*2H2/q+1;;. The smallest absolute Gasteiger partial charge is 0.374 e. The van der Waals surface area contributed by atoms with Gasteiger partial charge in [-0.2, -0.15) is 10.5 Å². The molecule has 1 aliphatic heterocycles. The van der Waals surface area contributed by atoms with Crippen LogP contribution in [0, 0.1) is 22.9 Å². The molecule has 1 fully saturated rings. The first-order chi connectivity index (χ1) is 12.5. The number of hydrogen-bond acceptors (Lipinski definition) is 7. The Hall–Kier alpha value is -1.36. The van der Waals surface area contributed by atoms with E-state index in [1.54, 1.807) is 0 Å². The monoisotopic (exact) mass is 388 g/mol. The maximum absolute atomic E-state index is 7.10. The molecule has 0 radical (unpaired) electrons. The molecular weight excluding hydrogens is 350 g/mol. The van der Waals surface area contributed by atoms with Crippen LogP contribution < -0.4 is 11.5 Å². The summed E-state index contributed by atoms with van der Waals surface area (Å²) < 4.78 is 19.2. The molecule has 1 saturated heterocycles. The lowest BCUT2D eigenvalue weighted by atomic mass is 10.1. The van der Waals surface area contributed by atoms with E-state index in [-0.39, 0.29) is 0 Å². The minimum Gasteiger partial charge on any atom is -0.374 e. The Morgan fingerprint density at radius 2 is 1.23 bits per heavy atom. The van der Waals surface area contributed by atoms with Crippen molar-refractivity contribution >= 4 is 8.80 Å². The van der Waals surface area contributed by atoms with Crippen LogP contribution >= 0.6 is 0 Å². The summed E-state index contributed by atoms with van der Waals surface area (Å²) in [6.07, 6.45) is 6.62. The van der Waals surface area contributed by atoms with E-state index < -0.39 is 8.80 Å². The number of nitriles is 2. The summed E-state index contributed by atoms with van der Waals surface area (Å²) in [7, 11) is -2.46. The number of nitrogens with two attached hydrogens (primary N) is 2. The van der Waals surface area contributed by atoms with Crippen LogP contribution in [0.5, 0.6) is 0 Å². The highest BCUT2D eigenvalue weighted by Crippen LogP contribution is 2.24. The molecule has 152 valence electrons. The van der Waals surface area contributed by atoms with Gasteiger partial charge in [0.2, 0.25) is 0 Å². The van der Waals surface area contributed by atoms with Crippen LogP contribution in [0.1, 0.15) is 47.0 Å². The molecule has 0 aromatic heterocycles. The topological polar surface area (TPSA) is 127 Å². The summed E-state index contributed by atoms with van der Waals surface area (Å²) in [6, 6.07) is 0.955. The van der Waals surface area contributed by atoms with Gasteiger partial charge in [0, 0.05) is 19.8 Å². The van der Waals surface area contributed by atoms with Crippen LogP contribution in [-0.2, 0) is 13.3 Å². The summed E-state index contributed by atoms with van der Waals surface area (Å²) in [5.74, 6) is 0. The summed E-state index contributed by atoms with van der Waals surface area (Å²) in [6.45, 7) is 15.4. The number of piperidine rings is 1. The molecule has 8 nitrogen and oxygen atoms in total. The van der Waals surface area contributed by atoms with Crippen molar-refractivity contribution < 1.29 is 17.8 Å². The zero-order chi connectivity index (χ0) is 20.3. The second-order valence-electron chi connectivity index (χ2n) is 5.88. The zero-order valence-corrected chi connectivity index (χ0v) is 18.0. The van der Waals surface area contributed by atoms with Crippen LogP contribution in [0.4, 0.5) is 0 Å². The van der Waals surface area contributed by atoms with Crippen molar-refractivity contribution in [2.75, 3.05) is 46.0 Å². The molecule has 4 N–H and O–H groups in total. The van der Waals surface area contributed by atoms with E-state index in [0.29, 0.717) is 19.8 Å². The number of quaternary nitrogens is 1. The predicted octanol–water partition coefficient (Wildman–Crippen LogP) is 1.91. The number of rotatable bonds is 10. The maximum atomic E-state index is 7.10. The van der Waals surface area contributed by atoms with E-state index in [0.717, 1.165) is 12.6 Å². The molecule has 0 bridgehead atoms. The Morgan fingerprint density at radius 3 is 1.54 bits per heavy atom. The third kappa shape index (κ3) is 11.3. The number of nitrogens with zero attached hydrogens (tertiary/aromatic N) is 3. The van der Waals surface area contributed by atoms with E-state index in [2.05, 4.69) is 18.4 Å². The first-order valence-electron chi connectivity index (χ1n) is 9.45. The van der Waals surface area contributed by atoms with Crippen LogP contribution in [0.3, 0.4) is 0 Å². The van der Waals surface area contributed by atoms with Gasteiger partial charge in [-0.05, 0) is 47.0 Å². The Kier molecular flexibility index (Phi) is 17.6. The molecule has 1 heterocycles. The highest BCUT2D eigenvalue weighted by Gasteiger charge is 2.43. The maximum Gasteiger partial charge on any atom is 0.506 e. The Bertz CT molecular complexity index is 377. The molecule has 0 aromatic carbocycles. The highest BCUT2D eigenvalue weighted by atomic mass is 28.4. The first kappa shape index (κ1) is 26.9. The van der Waals surface area contributed by atoms with Gasteiger partial charge in [-0.15, -0.1) is 0 Å². The molecule has 0 spiro atoms. The van der Waals surface area contributed by atoms with E-state index in [9.17, 15) is 0 Å². The third-order valence-corrected chi connectivity index (χ3v) is 7.44. The lowest BCUT2D eigenvalue weighted by molar-refractivity contribution is -0.929. The van der Waals surface area contributed by atoms with Gasteiger partial charge in [0.25, 0.3) is 0 Å². The minimum atomic E-state index is -2.46. The van der Waals surface area contributed by atoms with Crippen molar-refractivity contribution in [3.05, 3.63) is 0 Å². The van der Waals surface area contributed by atoms with E-state index in [4.69, 9.17) is 23.8 Å². The third-order valence-electron chi connectivity index (χ3n) is 4.42. The van der Waals surface area contributed by atoms with Crippen molar-refractivity contribution in [3.63, 3.8) is 0 Å². The molecule has 0 saturated carbocycles. The lowest BCUT2D eigenvalue weighted by Crippen LogP contribution is -2.56. The van der Waals surface area contributed by atoms with Gasteiger partial charge >= 0.3 is 8.80 Å². The molecule has 26 heavy (non-hydrogen) atoms. The number of hydrogen-bond donors (Lipinski definition) is 2. The second-order valence-corrected chi connectivity index (χ2v) is 8.61. The Balaban J connectivity index is 0. The summed E-state index contributed by atoms with van der Waals surface area (Å²) >= 11 is 0. The van der Waals surface area contributed by atoms with Crippen molar-refractivity contribution in [2.24, 2.45) is 11.5 Å². The van der Waals surface area contributed by atoms with Crippen LogP contribution in [-0.4, -0.2) is 59.3 Å². The van der Waals surface area contributed by atoms with E-state index in [1.165, 1.54) is 55.8 Å². The van der Waals surface area contributed by atoms with Crippen molar-refractivity contribution in [2.45, 2.75) is 53.0 Å². The van der Waals surface area contributed by atoms with E-state index in [1.807, 2.05) is 20.8 Å². The van der Waals surface area contributed by atoms with Crippen molar-refractivity contribution in [1.29, 1.82) is 10.5 Å². The molecule has 9 heteroatoms. The van der Waals surface area contributed by atoms with Gasteiger partial charge in [-0.25, -0.2) is 0 Å². The lowest BCUT2D eigenvalue weighted by Gasteiger charge is -2.42. The first-order valence-corrected chi connectivity index (χ1v) is 11.4. The van der Waals surface area contributed by atoms with Crippen LogP contribution in [0.2, 0.25) is 6.04 Å². The fourth-order valence-corrected chi connectivity index (χ4v) is 6.01. The molecule has 1 aliphatic rings. The molecule has 0 amide bonds. The second kappa shape index (κ2) is 17.1. The van der Waals surface area contributed by atoms with Crippen LogP contribution in [0.15, 0.2) is 0 Å². The summed E-state index contributed by atoms with van der Waals surface area (Å²) in [5.41, 5.74) is 8.31. The van der Waals surface area contributed by atoms with Gasteiger partial charge in [-0.1, -0.05) is 0 Å². The molecule has 0 aromatic rings. The fourth-order valence-electron chi connectivity index (χ4n) is 3.26. The van der Waals surface area contributed by atoms with Crippen molar-refractivity contribution in [1.82, 2.24) is 0 Å². The van der Waals surface area contributed by atoms with Gasteiger partial charge in [0.1, 0.15) is 0 Å². The molecule has 1 rings (SSSR count). The molecule has 0 aliphatic carbocycles. The molecule has 0 atom stereocenters. The average Bonchev–Trinajstić information content (AvgIpc) is 2.63. The Morgan fingerprint density at radius 1 is 0.846 bits per heavy atom. The normalized spacial score (nSPS) is 15.3. The van der Waals surface area contributed by atoms with Gasteiger partial charge in [0.15, 0.2) is 12.4 Å². The highest BCUT2D eigenvalue weighted by molar-refractivity contribution is 6.60. The summed E-state index contributed by atoms with van der Waals surface area (Å²) in [5, 5.41) is 14.2. The van der Waals surface area contributed by atoms with Crippen molar-refractivity contribution in [3.8, 4) is 12.4 Å². The fraction of sp³-hybridized carbons (Fsp3) is 0.882. The Labute approximate surface area is 160 Å². The molecular formula is C17H38N5O3Si+. The number of likely N-dealkylation sites (tertiary alicyclic amines) is 1. The van der Waals surface area contributed by atoms with Gasteiger partial charge in [0.05, 0.1) is 32.2 Å². The quantitative estimate of drug-likeness (QED) is 0.253. The zero-order valence-electron chi connectivity index (χ0n) is 17.0. The predicted molar refractivity (Wildman–Crippen MR) is 104 cm³/mol. The van der Waals surface area contributed by atoms with Gasteiger partial charge in [-0.3, -0.25) is 0 Å². The average molecular weight is 389 g/mol.